The number of alkyl halides is 1. The average Bonchev–Trinajstić information content (AvgIpc) is 3.15. The Kier molecular flexibility index (Phi) is 6.73. The molecule has 2 atom stereocenters. The number of aromatic nitrogens is 1. The van der Waals surface area contributed by atoms with Crippen molar-refractivity contribution in [2.24, 2.45) is 0 Å². The number of sulfonamides is 1. The van der Waals surface area contributed by atoms with E-state index in [2.05, 4.69) is 4.90 Å². The first kappa shape index (κ1) is 23.1. The monoisotopic (exact) mass is 517 g/mol. The Hall–Kier alpha value is -1.09. The first-order valence-corrected chi connectivity index (χ1v) is 13.3. The molecular formula is C21H22Cl3N3O2S2. The molecule has 166 valence electrons. The summed E-state index contributed by atoms with van der Waals surface area (Å²) in [7, 11) is -3.55. The lowest BCUT2D eigenvalue weighted by Crippen LogP contribution is -2.54. The fourth-order valence-corrected chi connectivity index (χ4v) is 7.70. The van der Waals surface area contributed by atoms with Gasteiger partial charge >= 0.3 is 0 Å². The van der Waals surface area contributed by atoms with E-state index in [0.717, 1.165) is 16.4 Å². The highest BCUT2D eigenvalue weighted by Crippen LogP contribution is 2.33. The zero-order valence-corrected chi connectivity index (χ0v) is 20.7. The van der Waals surface area contributed by atoms with E-state index >= 15 is 0 Å². The number of hydrogen-bond donors (Lipinski definition) is 0. The molecule has 10 heteroatoms. The van der Waals surface area contributed by atoms with E-state index in [4.69, 9.17) is 39.8 Å². The molecule has 2 aliphatic rings. The van der Waals surface area contributed by atoms with Gasteiger partial charge in [-0.05, 0) is 30.7 Å². The van der Waals surface area contributed by atoms with Gasteiger partial charge in [0, 0.05) is 48.0 Å². The van der Waals surface area contributed by atoms with Crippen LogP contribution in [0.15, 0.2) is 47.9 Å². The molecule has 1 aliphatic carbocycles. The van der Waals surface area contributed by atoms with E-state index < -0.39 is 20.1 Å². The van der Waals surface area contributed by atoms with Crippen LogP contribution in [-0.4, -0.2) is 54.0 Å². The molecule has 0 N–H and O–H groups in total. The Balaban J connectivity index is 1.40. The quantitative estimate of drug-likeness (QED) is 0.524. The van der Waals surface area contributed by atoms with Crippen LogP contribution in [0, 0.1) is 0 Å². The van der Waals surface area contributed by atoms with Gasteiger partial charge in [0.2, 0.25) is 10.0 Å². The molecule has 2 aromatic rings. The maximum atomic E-state index is 13.2. The molecule has 2 heterocycles. The third-order valence-corrected chi connectivity index (χ3v) is 9.66. The van der Waals surface area contributed by atoms with E-state index in [0.29, 0.717) is 42.6 Å². The molecule has 1 aromatic carbocycles. The number of nitrogens with zero attached hydrogens (tertiary/aromatic N) is 3. The first-order valence-electron chi connectivity index (χ1n) is 9.83. The Labute approximate surface area is 202 Å². The summed E-state index contributed by atoms with van der Waals surface area (Å²) in [5, 5.41) is 3.35. The summed E-state index contributed by atoms with van der Waals surface area (Å²) >= 11 is 20.2. The Bertz CT molecular complexity index is 1100. The van der Waals surface area contributed by atoms with Gasteiger partial charge < -0.3 is 4.90 Å². The Morgan fingerprint density at radius 1 is 1.13 bits per heavy atom. The number of rotatable bonds is 5. The zero-order chi connectivity index (χ0) is 22.2. The summed E-state index contributed by atoms with van der Waals surface area (Å²) in [4.78, 5) is 5.92. The normalized spacial score (nSPS) is 24.6. The molecule has 5 nitrogen and oxygen atoms in total. The molecule has 0 bridgehead atoms. The van der Waals surface area contributed by atoms with Gasteiger partial charge in [0.1, 0.15) is 5.25 Å². The molecule has 1 saturated heterocycles. The van der Waals surface area contributed by atoms with Crippen molar-refractivity contribution in [1.82, 2.24) is 9.29 Å². The molecule has 1 fully saturated rings. The minimum absolute atomic E-state index is 0.405. The van der Waals surface area contributed by atoms with E-state index in [1.807, 2.05) is 17.5 Å². The van der Waals surface area contributed by atoms with Crippen LogP contribution in [0.3, 0.4) is 0 Å². The Morgan fingerprint density at radius 3 is 2.45 bits per heavy atom. The molecule has 0 saturated carbocycles. The lowest BCUT2D eigenvalue weighted by molar-refractivity contribution is 0.379. The predicted octanol–water partition coefficient (Wildman–Crippen LogP) is 4.98. The highest BCUT2D eigenvalue weighted by atomic mass is 35.5. The van der Waals surface area contributed by atoms with Crippen molar-refractivity contribution in [1.29, 1.82) is 0 Å². The van der Waals surface area contributed by atoms with Crippen molar-refractivity contribution in [2.45, 2.75) is 23.5 Å². The summed E-state index contributed by atoms with van der Waals surface area (Å²) in [6.07, 6.45) is 7.57. The van der Waals surface area contributed by atoms with Gasteiger partial charge in [-0.25, -0.2) is 13.4 Å². The number of anilines is 1. The topological polar surface area (TPSA) is 53.5 Å². The summed E-state index contributed by atoms with van der Waals surface area (Å²) < 4.78 is 27.9. The molecular weight excluding hydrogens is 497 g/mol. The van der Waals surface area contributed by atoms with Crippen LogP contribution in [-0.2, 0) is 16.4 Å². The maximum Gasteiger partial charge on any atom is 0.222 e. The van der Waals surface area contributed by atoms with Gasteiger partial charge in [0.05, 0.1) is 10.6 Å². The number of halogens is 3. The number of hydrogen-bond acceptors (Lipinski definition) is 5. The van der Waals surface area contributed by atoms with E-state index in [-0.39, 0.29) is 0 Å². The van der Waals surface area contributed by atoms with Crippen LogP contribution in [0.2, 0.25) is 10.0 Å². The second-order valence-electron chi connectivity index (χ2n) is 7.82. The molecule has 0 amide bonds. The summed E-state index contributed by atoms with van der Waals surface area (Å²) in [6, 6.07) is 5.48. The van der Waals surface area contributed by atoms with Gasteiger partial charge in [-0.3, -0.25) is 0 Å². The highest BCUT2D eigenvalue weighted by molar-refractivity contribution is 7.90. The predicted molar refractivity (Wildman–Crippen MR) is 130 cm³/mol. The second kappa shape index (κ2) is 9.04. The number of allylic oxidation sites excluding steroid dienone is 3. The van der Waals surface area contributed by atoms with E-state index in [1.165, 1.54) is 0 Å². The molecule has 1 aromatic heterocycles. The van der Waals surface area contributed by atoms with Gasteiger partial charge in [-0.2, -0.15) is 4.31 Å². The van der Waals surface area contributed by atoms with Crippen molar-refractivity contribution in [3.05, 3.63) is 69.2 Å². The second-order valence-corrected chi connectivity index (χ2v) is 12.4. The molecule has 0 radical (unpaired) electrons. The van der Waals surface area contributed by atoms with Crippen LogP contribution in [0.1, 0.15) is 18.2 Å². The van der Waals surface area contributed by atoms with Crippen LogP contribution in [0.5, 0.6) is 0 Å². The number of benzene rings is 1. The van der Waals surface area contributed by atoms with Gasteiger partial charge in [-0.15, -0.1) is 22.9 Å². The third kappa shape index (κ3) is 5.13. The third-order valence-electron chi connectivity index (χ3n) is 5.41. The largest absolute Gasteiger partial charge is 0.345 e. The molecule has 4 rings (SSSR count). The van der Waals surface area contributed by atoms with Crippen LogP contribution < -0.4 is 4.90 Å². The SMILES string of the molecule is CC1(Cl)C=CC=CC1S(=O)(=O)N1CCN(c2nc(Cc3cc(Cl)cc(Cl)c3)cs2)CC1. The van der Waals surface area contributed by atoms with Crippen molar-refractivity contribution >= 4 is 61.3 Å². The van der Waals surface area contributed by atoms with Crippen LogP contribution in [0.4, 0.5) is 5.13 Å². The standard InChI is InChI=1S/C21H22Cl3N3O2S2/c1-21(24)5-3-2-4-19(21)31(28,29)27-8-6-26(7-9-27)20-25-18(14-30-20)12-15-10-16(22)13-17(23)11-15/h2-5,10-11,13-14,19H,6-9,12H2,1H3. The maximum absolute atomic E-state index is 13.2. The Morgan fingerprint density at radius 2 is 1.81 bits per heavy atom. The summed E-state index contributed by atoms with van der Waals surface area (Å²) in [6.45, 7) is 3.71. The van der Waals surface area contributed by atoms with Crippen molar-refractivity contribution in [3.8, 4) is 0 Å². The first-order chi connectivity index (χ1) is 14.6. The van der Waals surface area contributed by atoms with Gasteiger partial charge in [0.15, 0.2) is 5.13 Å². The summed E-state index contributed by atoms with van der Waals surface area (Å²) in [5.41, 5.74) is 1.94. The molecule has 0 spiro atoms. The lowest BCUT2D eigenvalue weighted by atomic mass is 10.0. The van der Waals surface area contributed by atoms with E-state index in [1.54, 1.807) is 52.9 Å². The molecule has 2 unspecified atom stereocenters. The smallest absolute Gasteiger partial charge is 0.222 e. The van der Waals surface area contributed by atoms with Crippen LogP contribution in [0.25, 0.3) is 0 Å². The van der Waals surface area contributed by atoms with E-state index in [9.17, 15) is 8.42 Å². The fourth-order valence-electron chi connectivity index (χ4n) is 3.82. The minimum atomic E-state index is -3.55. The van der Waals surface area contributed by atoms with Crippen LogP contribution >= 0.6 is 46.1 Å². The fraction of sp³-hybridized carbons (Fsp3) is 0.381. The van der Waals surface area contributed by atoms with Crippen molar-refractivity contribution in [3.63, 3.8) is 0 Å². The van der Waals surface area contributed by atoms with Gasteiger partial charge in [0.25, 0.3) is 0 Å². The average molecular weight is 519 g/mol. The highest BCUT2D eigenvalue weighted by Gasteiger charge is 2.43. The number of thiazole rings is 1. The molecule has 1 aliphatic heterocycles. The zero-order valence-electron chi connectivity index (χ0n) is 16.8. The van der Waals surface area contributed by atoms with Gasteiger partial charge in [-0.1, -0.05) is 47.5 Å². The molecule has 31 heavy (non-hydrogen) atoms. The minimum Gasteiger partial charge on any atom is -0.345 e. The van der Waals surface area contributed by atoms with Crippen molar-refractivity contribution in [2.75, 3.05) is 31.1 Å². The van der Waals surface area contributed by atoms with Crippen molar-refractivity contribution < 1.29 is 8.42 Å². The lowest BCUT2D eigenvalue weighted by Gasteiger charge is -2.38. The summed E-state index contributed by atoms with van der Waals surface area (Å²) in [5.74, 6) is 0. The number of piperazine rings is 1.